The van der Waals surface area contributed by atoms with Crippen LogP contribution in [0.25, 0.3) is 0 Å². The zero-order chi connectivity index (χ0) is 13.4. The monoisotopic (exact) mass is 288 g/mol. The lowest BCUT2D eigenvalue weighted by molar-refractivity contribution is -0.144. The Morgan fingerprint density at radius 2 is 1.67 bits per heavy atom. The zero-order valence-corrected chi connectivity index (χ0v) is 11.2. The summed E-state index contributed by atoms with van der Waals surface area (Å²) in [7, 11) is -3.09. The van der Waals surface area contributed by atoms with Crippen LogP contribution in [0, 0.1) is 0 Å². The van der Waals surface area contributed by atoms with Crippen molar-refractivity contribution in [3.63, 3.8) is 0 Å². The molecule has 0 spiro atoms. The molecule has 0 amide bonds. The molecule has 1 aromatic carbocycles. The highest BCUT2D eigenvalue weighted by Gasteiger charge is 2.44. The average Bonchev–Trinajstić information content (AvgIpc) is 2.30. The second-order valence-corrected chi connectivity index (χ2v) is 7.29. The fourth-order valence-corrected chi connectivity index (χ4v) is 3.93. The van der Waals surface area contributed by atoms with Crippen molar-refractivity contribution in [3.05, 3.63) is 34.9 Å². The van der Waals surface area contributed by atoms with Gasteiger partial charge in [0, 0.05) is 5.02 Å². The minimum atomic E-state index is -3.09. The first kappa shape index (κ1) is 13.4. The summed E-state index contributed by atoms with van der Waals surface area (Å²) in [6.45, 7) is 0. The van der Waals surface area contributed by atoms with Crippen LogP contribution in [-0.4, -0.2) is 31.0 Å². The molecule has 0 radical (unpaired) electrons. The maximum Gasteiger partial charge on any atom is 0.314 e. The highest BCUT2D eigenvalue weighted by Crippen LogP contribution is 2.37. The van der Waals surface area contributed by atoms with E-state index in [1.807, 2.05) is 0 Å². The highest BCUT2D eigenvalue weighted by molar-refractivity contribution is 7.91. The van der Waals surface area contributed by atoms with Crippen LogP contribution in [0.1, 0.15) is 18.4 Å². The zero-order valence-electron chi connectivity index (χ0n) is 9.60. The molecule has 1 aromatic rings. The molecule has 18 heavy (non-hydrogen) atoms. The first-order valence-corrected chi connectivity index (χ1v) is 7.76. The SMILES string of the molecule is O=C(O)C1(c2ccc(Cl)cc2)CCS(=O)(=O)CC1. The summed E-state index contributed by atoms with van der Waals surface area (Å²) < 4.78 is 22.9. The van der Waals surface area contributed by atoms with Crippen molar-refractivity contribution < 1.29 is 18.3 Å². The molecule has 98 valence electrons. The summed E-state index contributed by atoms with van der Waals surface area (Å²) in [6.07, 6.45) is 0.235. The summed E-state index contributed by atoms with van der Waals surface area (Å²) in [5.41, 5.74) is -0.482. The molecule has 0 aliphatic carbocycles. The summed E-state index contributed by atoms with van der Waals surface area (Å²) in [5, 5.41) is 9.98. The number of hydrogen-bond donors (Lipinski definition) is 1. The molecule has 1 N–H and O–H groups in total. The number of carboxylic acid groups (broad SMARTS) is 1. The van der Waals surface area contributed by atoms with E-state index in [2.05, 4.69) is 0 Å². The fourth-order valence-electron chi connectivity index (χ4n) is 2.28. The number of rotatable bonds is 2. The number of benzene rings is 1. The van der Waals surface area contributed by atoms with E-state index in [1.165, 1.54) is 0 Å². The lowest BCUT2D eigenvalue weighted by atomic mass is 9.75. The van der Waals surface area contributed by atoms with Gasteiger partial charge in [0.1, 0.15) is 9.84 Å². The van der Waals surface area contributed by atoms with Crippen LogP contribution in [0.15, 0.2) is 24.3 Å². The van der Waals surface area contributed by atoms with Gasteiger partial charge in [0.05, 0.1) is 16.9 Å². The van der Waals surface area contributed by atoms with Gasteiger partial charge in [0.15, 0.2) is 0 Å². The largest absolute Gasteiger partial charge is 0.481 e. The van der Waals surface area contributed by atoms with Crippen molar-refractivity contribution in [2.75, 3.05) is 11.5 Å². The normalized spacial score (nSPS) is 21.4. The van der Waals surface area contributed by atoms with Gasteiger partial charge in [-0.3, -0.25) is 4.79 Å². The first-order chi connectivity index (χ1) is 8.36. The minimum Gasteiger partial charge on any atom is -0.481 e. The molecule has 0 unspecified atom stereocenters. The standard InChI is InChI=1S/C12H13ClO4S/c13-10-3-1-9(2-4-10)12(11(14)15)5-7-18(16,17)8-6-12/h1-4H,5-8H2,(H,14,15). The predicted octanol–water partition coefficient (Wildman–Crippen LogP) is 1.87. The van der Waals surface area contributed by atoms with Crippen molar-refractivity contribution in [2.45, 2.75) is 18.3 Å². The Bertz CT molecular complexity index is 548. The molecule has 0 aromatic heterocycles. The molecule has 1 saturated heterocycles. The van der Waals surface area contributed by atoms with Crippen molar-refractivity contribution in [1.82, 2.24) is 0 Å². The van der Waals surface area contributed by atoms with Crippen LogP contribution >= 0.6 is 11.6 Å². The van der Waals surface area contributed by atoms with E-state index in [-0.39, 0.29) is 24.3 Å². The van der Waals surface area contributed by atoms with Gasteiger partial charge in [0.2, 0.25) is 0 Å². The van der Waals surface area contributed by atoms with Crippen LogP contribution in [0.2, 0.25) is 5.02 Å². The van der Waals surface area contributed by atoms with Gasteiger partial charge < -0.3 is 5.11 Å². The lowest BCUT2D eigenvalue weighted by Gasteiger charge is -2.33. The van der Waals surface area contributed by atoms with E-state index < -0.39 is 21.2 Å². The smallest absolute Gasteiger partial charge is 0.314 e. The maximum absolute atomic E-state index is 11.5. The third kappa shape index (κ3) is 2.37. The molecular formula is C12H13ClO4S. The number of aliphatic carboxylic acids is 1. The second-order valence-electron chi connectivity index (χ2n) is 4.55. The van der Waals surface area contributed by atoms with Crippen molar-refractivity contribution >= 4 is 27.4 Å². The fraction of sp³-hybridized carbons (Fsp3) is 0.417. The molecule has 0 bridgehead atoms. The second kappa shape index (κ2) is 4.55. The van der Waals surface area contributed by atoms with E-state index in [0.29, 0.717) is 10.6 Å². The van der Waals surface area contributed by atoms with Crippen LogP contribution in [0.3, 0.4) is 0 Å². The Balaban J connectivity index is 2.40. The molecule has 1 fully saturated rings. The van der Waals surface area contributed by atoms with E-state index in [1.54, 1.807) is 24.3 Å². The third-order valence-corrected chi connectivity index (χ3v) is 5.39. The van der Waals surface area contributed by atoms with Gasteiger partial charge in [-0.1, -0.05) is 23.7 Å². The molecule has 1 aliphatic heterocycles. The summed E-state index contributed by atoms with van der Waals surface area (Å²) >= 11 is 5.78. The molecule has 0 saturated carbocycles. The Labute approximate surface area is 110 Å². The first-order valence-electron chi connectivity index (χ1n) is 5.56. The topological polar surface area (TPSA) is 71.4 Å². The van der Waals surface area contributed by atoms with Gasteiger partial charge in [0.25, 0.3) is 0 Å². The molecule has 6 heteroatoms. The van der Waals surface area contributed by atoms with Gasteiger partial charge >= 0.3 is 5.97 Å². The molecule has 1 heterocycles. The lowest BCUT2D eigenvalue weighted by Crippen LogP contribution is -2.43. The van der Waals surface area contributed by atoms with Crippen LogP contribution in [0.4, 0.5) is 0 Å². The molecule has 4 nitrogen and oxygen atoms in total. The molecule has 1 aliphatic rings. The molecule has 0 atom stereocenters. The van der Waals surface area contributed by atoms with Crippen molar-refractivity contribution in [3.8, 4) is 0 Å². The van der Waals surface area contributed by atoms with E-state index >= 15 is 0 Å². The summed E-state index contributed by atoms with van der Waals surface area (Å²) in [4.78, 5) is 11.5. The average molecular weight is 289 g/mol. The molecular weight excluding hydrogens is 276 g/mol. The number of halogens is 1. The quantitative estimate of drug-likeness (QED) is 0.902. The molecule has 2 rings (SSSR count). The highest BCUT2D eigenvalue weighted by atomic mass is 35.5. The van der Waals surface area contributed by atoms with Crippen LogP contribution in [0.5, 0.6) is 0 Å². The Kier molecular flexibility index (Phi) is 3.38. The number of hydrogen-bond acceptors (Lipinski definition) is 3. The van der Waals surface area contributed by atoms with Gasteiger partial charge in [-0.2, -0.15) is 0 Å². The van der Waals surface area contributed by atoms with Crippen molar-refractivity contribution in [2.24, 2.45) is 0 Å². The van der Waals surface area contributed by atoms with Crippen LogP contribution < -0.4 is 0 Å². The van der Waals surface area contributed by atoms with Crippen LogP contribution in [-0.2, 0) is 20.0 Å². The van der Waals surface area contributed by atoms with Gasteiger partial charge in [-0.25, -0.2) is 8.42 Å². The maximum atomic E-state index is 11.5. The summed E-state index contributed by atoms with van der Waals surface area (Å²) in [5.74, 6) is -1.14. The Morgan fingerprint density at radius 1 is 1.17 bits per heavy atom. The number of sulfone groups is 1. The van der Waals surface area contributed by atoms with Gasteiger partial charge in [-0.15, -0.1) is 0 Å². The Morgan fingerprint density at radius 3 is 2.11 bits per heavy atom. The van der Waals surface area contributed by atoms with Crippen molar-refractivity contribution in [1.29, 1.82) is 0 Å². The number of carboxylic acids is 1. The minimum absolute atomic E-state index is 0.0814. The third-order valence-electron chi connectivity index (χ3n) is 3.49. The van der Waals surface area contributed by atoms with Gasteiger partial charge in [-0.05, 0) is 30.5 Å². The Hall–Kier alpha value is -1.07. The predicted molar refractivity (Wildman–Crippen MR) is 68.7 cm³/mol. The summed E-state index contributed by atoms with van der Waals surface area (Å²) in [6, 6.07) is 6.58. The van der Waals surface area contributed by atoms with E-state index in [4.69, 9.17) is 11.6 Å². The van der Waals surface area contributed by atoms with E-state index in [9.17, 15) is 18.3 Å². The number of carbonyl (C=O) groups is 1. The van der Waals surface area contributed by atoms with E-state index in [0.717, 1.165) is 0 Å².